The second-order valence-corrected chi connectivity index (χ2v) is 5.44. The Morgan fingerprint density at radius 1 is 1.60 bits per heavy atom. The Morgan fingerprint density at radius 3 is 2.50 bits per heavy atom. The zero-order chi connectivity index (χ0) is 15.7. The first-order valence-corrected chi connectivity index (χ1v) is 6.32. The smallest absolute Gasteiger partial charge is 0.430 e. The van der Waals surface area contributed by atoms with Gasteiger partial charge in [-0.05, 0) is 19.1 Å². The predicted octanol–water partition coefficient (Wildman–Crippen LogP) is 4.26. The zero-order valence-corrected chi connectivity index (χ0v) is 12.4. The molecule has 8 heteroatoms. The van der Waals surface area contributed by atoms with Gasteiger partial charge in [0.1, 0.15) is 5.76 Å². The summed E-state index contributed by atoms with van der Waals surface area (Å²) in [5.74, 6) is -1.95. The molecule has 1 heterocycles. The first kappa shape index (κ1) is 16.8. The number of carboxylic acids is 1. The maximum absolute atomic E-state index is 12.8. The molecule has 1 aliphatic heterocycles. The van der Waals surface area contributed by atoms with Crippen molar-refractivity contribution in [1.82, 2.24) is 0 Å². The molecule has 1 aliphatic rings. The van der Waals surface area contributed by atoms with Crippen molar-refractivity contribution in [3.05, 3.63) is 45.2 Å². The number of rotatable bonds is 2. The lowest BCUT2D eigenvalue weighted by molar-refractivity contribution is -0.200. The Bertz CT molecular complexity index is 543. The molecule has 0 saturated heterocycles. The lowest BCUT2D eigenvalue weighted by Gasteiger charge is -2.28. The number of hydrogen-bond acceptors (Lipinski definition) is 2. The summed E-state index contributed by atoms with van der Waals surface area (Å²) in [7, 11) is 0. The van der Waals surface area contributed by atoms with Crippen LogP contribution in [0.3, 0.4) is 0 Å². The molecule has 0 bridgehead atoms. The van der Waals surface area contributed by atoms with Gasteiger partial charge in [0.2, 0.25) is 6.10 Å². The highest BCUT2D eigenvalue weighted by molar-refractivity contribution is 9.11. The van der Waals surface area contributed by atoms with Crippen LogP contribution < -0.4 is 0 Å². The van der Waals surface area contributed by atoms with Crippen LogP contribution in [0, 0.1) is 0 Å². The van der Waals surface area contributed by atoms with E-state index in [1.807, 2.05) is 0 Å². The number of ether oxygens (including phenoxy) is 1. The highest BCUT2D eigenvalue weighted by atomic mass is 79.9. The van der Waals surface area contributed by atoms with Crippen molar-refractivity contribution in [3.8, 4) is 0 Å². The summed E-state index contributed by atoms with van der Waals surface area (Å²) in [6.45, 7) is 4.84. The van der Waals surface area contributed by atoms with E-state index in [1.54, 1.807) is 0 Å². The van der Waals surface area contributed by atoms with Crippen molar-refractivity contribution >= 4 is 33.5 Å². The van der Waals surface area contributed by atoms with Crippen LogP contribution in [0.25, 0.3) is 0 Å². The minimum absolute atomic E-state index is 0.0278. The van der Waals surface area contributed by atoms with Gasteiger partial charge in [0.15, 0.2) is 0 Å². The highest BCUT2D eigenvalue weighted by Gasteiger charge is 2.49. The van der Waals surface area contributed by atoms with Crippen molar-refractivity contribution in [2.45, 2.75) is 19.2 Å². The van der Waals surface area contributed by atoms with Crippen molar-refractivity contribution in [3.63, 3.8) is 0 Å². The van der Waals surface area contributed by atoms with Crippen LogP contribution in [0.15, 0.2) is 45.2 Å². The lowest BCUT2D eigenvalue weighted by Crippen LogP contribution is -2.38. The van der Waals surface area contributed by atoms with E-state index in [9.17, 15) is 18.0 Å². The number of hydrogen-bond donors (Lipinski definition) is 1. The molecule has 0 aromatic heterocycles. The monoisotopic (exact) mass is 372 g/mol. The molecule has 1 atom stereocenters. The van der Waals surface area contributed by atoms with Crippen LogP contribution in [-0.4, -0.2) is 23.4 Å². The van der Waals surface area contributed by atoms with E-state index < -0.39 is 23.8 Å². The molecule has 0 aliphatic carbocycles. The molecule has 0 radical (unpaired) electrons. The molecule has 0 spiro atoms. The van der Waals surface area contributed by atoms with E-state index in [4.69, 9.17) is 21.4 Å². The van der Waals surface area contributed by atoms with Gasteiger partial charge in [-0.25, -0.2) is 4.79 Å². The minimum atomic E-state index is -4.86. The maximum Gasteiger partial charge on any atom is 0.430 e. The third-order valence-electron chi connectivity index (χ3n) is 2.26. The normalized spacial score (nSPS) is 24.0. The molecule has 1 unspecified atom stereocenters. The molecule has 0 saturated carbocycles. The predicted molar refractivity (Wildman–Crippen MR) is 71.3 cm³/mol. The summed E-state index contributed by atoms with van der Waals surface area (Å²) in [6, 6.07) is 0. The molecule has 3 nitrogen and oxygen atoms in total. The molecular formula is C12H9BrClF3O3. The molecule has 20 heavy (non-hydrogen) atoms. The first-order valence-electron chi connectivity index (χ1n) is 5.15. The lowest BCUT2D eigenvalue weighted by atomic mass is 10.00. The Kier molecular flexibility index (Phi) is 5.10. The van der Waals surface area contributed by atoms with Gasteiger partial charge in [-0.1, -0.05) is 34.1 Å². The average molecular weight is 374 g/mol. The minimum Gasteiger partial charge on any atom is -0.478 e. The summed E-state index contributed by atoms with van der Waals surface area (Å²) < 4.78 is 43.6. The fraction of sp³-hybridized carbons (Fsp3) is 0.250. The molecule has 1 rings (SSSR count). The summed E-state index contributed by atoms with van der Waals surface area (Å²) in [6.07, 6.45) is -5.24. The Hall–Kier alpha value is -1.21. The van der Waals surface area contributed by atoms with Gasteiger partial charge in [-0.3, -0.25) is 0 Å². The molecule has 110 valence electrons. The molecule has 1 N–H and O–H groups in total. The zero-order valence-electron chi connectivity index (χ0n) is 10.1. The van der Waals surface area contributed by atoms with Crippen molar-refractivity contribution in [2.75, 3.05) is 0 Å². The summed E-state index contributed by atoms with van der Waals surface area (Å²) in [5, 5.41) is 8.86. The first-order chi connectivity index (χ1) is 9.04. The molecule has 0 aromatic rings. The van der Waals surface area contributed by atoms with Crippen molar-refractivity contribution in [1.29, 1.82) is 0 Å². The van der Waals surface area contributed by atoms with Crippen LogP contribution >= 0.6 is 27.5 Å². The van der Waals surface area contributed by atoms with Gasteiger partial charge in [0.05, 0.1) is 10.6 Å². The summed E-state index contributed by atoms with van der Waals surface area (Å²) >= 11 is 8.71. The molecular weight excluding hydrogens is 364 g/mol. The number of aliphatic carboxylic acids is 1. The van der Waals surface area contributed by atoms with Gasteiger partial charge in [0, 0.05) is 10.1 Å². The van der Waals surface area contributed by atoms with Crippen LogP contribution in [-0.2, 0) is 9.53 Å². The van der Waals surface area contributed by atoms with E-state index in [-0.39, 0.29) is 16.4 Å². The Labute approximate surface area is 126 Å². The number of carboxylic acid groups (broad SMARTS) is 1. The van der Waals surface area contributed by atoms with Gasteiger partial charge in [0.25, 0.3) is 0 Å². The molecule has 0 fully saturated rings. The van der Waals surface area contributed by atoms with Gasteiger partial charge < -0.3 is 9.84 Å². The number of allylic oxidation sites excluding steroid dienone is 4. The van der Waals surface area contributed by atoms with E-state index >= 15 is 0 Å². The standard InChI is InChI=1S/C12H9BrClF3O3/c1-5(13)3-7-4-8(11(18)19)10(12(15,16)17)20-9(7)6(2)14/h3-4,10H,1H2,2H3,(H,18,19)/b7-3-,9-6-. The van der Waals surface area contributed by atoms with Crippen LogP contribution in [0.1, 0.15) is 6.92 Å². The molecule has 0 aromatic carbocycles. The SMILES string of the molecule is C=C(Br)/C=C1/C=C(C(=O)O)C(C(F)(F)F)O/C1=C(/C)Cl. The van der Waals surface area contributed by atoms with Crippen molar-refractivity contribution < 1.29 is 27.8 Å². The second-order valence-electron chi connectivity index (χ2n) is 3.85. The van der Waals surface area contributed by atoms with E-state index in [0.717, 1.165) is 6.08 Å². The summed E-state index contributed by atoms with van der Waals surface area (Å²) in [5.41, 5.74) is -0.823. The van der Waals surface area contributed by atoms with Crippen LogP contribution in [0.4, 0.5) is 13.2 Å². The van der Waals surface area contributed by atoms with E-state index in [2.05, 4.69) is 22.5 Å². The quantitative estimate of drug-likeness (QED) is 0.786. The second kappa shape index (κ2) is 6.05. The third kappa shape index (κ3) is 3.89. The fourth-order valence-electron chi connectivity index (χ4n) is 1.53. The summed E-state index contributed by atoms with van der Waals surface area (Å²) in [4.78, 5) is 11.0. The van der Waals surface area contributed by atoms with E-state index in [0.29, 0.717) is 4.48 Å². The topological polar surface area (TPSA) is 46.5 Å². The average Bonchev–Trinajstić information content (AvgIpc) is 2.25. The van der Waals surface area contributed by atoms with E-state index in [1.165, 1.54) is 13.0 Å². The van der Waals surface area contributed by atoms with Gasteiger partial charge in [-0.15, -0.1) is 0 Å². The van der Waals surface area contributed by atoms with Crippen LogP contribution in [0.2, 0.25) is 0 Å². The maximum atomic E-state index is 12.8. The van der Waals surface area contributed by atoms with Gasteiger partial charge in [-0.2, -0.15) is 13.2 Å². The third-order valence-corrected chi connectivity index (χ3v) is 2.66. The largest absolute Gasteiger partial charge is 0.478 e. The van der Waals surface area contributed by atoms with Crippen molar-refractivity contribution in [2.24, 2.45) is 0 Å². The number of alkyl halides is 3. The molecule has 0 amide bonds. The number of halogens is 5. The fourth-order valence-corrected chi connectivity index (χ4v) is 1.93. The van der Waals surface area contributed by atoms with Gasteiger partial charge >= 0.3 is 12.1 Å². The highest BCUT2D eigenvalue weighted by Crippen LogP contribution is 2.38. The number of carbonyl (C=O) groups is 1. The Balaban J connectivity index is 3.49. The van der Waals surface area contributed by atoms with Crippen LogP contribution in [0.5, 0.6) is 0 Å². The Morgan fingerprint density at radius 2 is 2.15 bits per heavy atom.